The van der Waals surface area contributed by atoms with Gasteiger partial charge >= 0.3 is 0 Å². The summed E-state index contributed by atoms with van der Waals surface area (Å²) in [7, 11) is 0. The lowest BCUT2D eigenvalue weighted by atomic mass is 10.1. The quantitative estimate of drug-likeness (QED) is 0.294. The third kappa shape index (κ3) is 4.57. The zero-order chi connectivity index (χ0) is 27.1. The lowest BCUT2D eigenvalue weighted by molar-refractivity contribution is -0.114. The van der Waals surface area contributed by atoms with Crippen molar-refractivity contribution >= 4 is 50.7 Å². The fourth-order valence-corrected chi connectivity index (χ4v) is 5.74. The van der Waals surface area contributed by atoms with Gasteiger partial charge in [0.15, 0.2) is 5.84 Å². The number of thioether (sulfide) groups is 1. The minimum absolute atomic E-state index is 0.0266. The van der Waals surface area contributed by atoms with Crippen molar-refractivity contribution in [3.63, 3.8) is 0 Å². The van der Waals surface area contributed by atoms with Crippen molar-refractivity contribution in [3.8, 4) is 5.75 Å². The number of fused-ring (bicyclic) bond motifs is 2. The predicted octanol–water partition coefficient (Wildman–Crippen LogP) is 6.31. The molecule has 2 aliphatic heterocycles. The van der Waals surface area contributed by atoms with Gasteiger partial charge < -0.3 is 9.30 Å². The van der Waals surface area contributed by atoms with E-state index in [0.29, 0.717) is 23.4 Å². The van der Waals surface area contributed by atoms with Crippen LogP contribution in [0.2, 0.25) is 0 Å². The number of amidine groups is 2. The summed E-state index contributed by atoms with van der Waals surface area (Å²) in [4.78, 5) is 17.4. The van der Waals surface area contributed by atoms with Crippen LogP contribution < -0.4 is 4.74 Å². The summed E-state index contributed by atoms with van der Waals surface area (Å²) >= 11 is 1.31. The zero-order valence-corrected chi connectivity index (χ0v) is 22.7. The van der Waals surface area contributed by atoms with E-state index in [1.165, 1.54) is 16.8 Å². The standard InChI is InChI=1S/C31H27N5O2S/c1-19-12-14-22(15-13-19)30-34-36-28(32)25(29(37)33-31(36)39-30)18-24-21(3)35(26-10-6-5-9-23(24)26)16-17-38-27-11-7-4-8-20(27)2/h4-15,18,32H,16-17H2,1-3H3/b25-18-,32-28?. The first kappa shape index (κ1) is 24.9. The van der Waals surface area contributed by atoms with Crippen LogP contribution in [0.4, 0.5) is 0 Å². The SMILES string of the molecule is Cc1ccc(C2=NN3C(=N)/C(=C/c4c(C)n(CCOc5ccccc5C)c5ccccc45)C(=O)N=C3S2)cc1. The van der Waals surface area contributed by atoms with Crippen LogP contribution in [0.25, 0.3) is 17.0 Å². The summed E-state index contributed by atoms with van der Waals surface area (Å²) in [6.07, 6.45) is 1.78. The Morgan fingerprint density at radius 1 is 0.974 bits per heavy atom. The van der Waals surface area contributed by atoms with E-state index in [2.05, 4.69) is 20.7 Å². The third-order valence-electron chi connectivity index (χ3n) is 6.99. The third-order valence-corrected chi connectivity index (χ3v) is 7.94. The smallest absolute Gasteiger partial charge is 0.283 e. The van der Waals surface area contributed by atoms with Crippen LogP contribution >= 0.6 is 11.8 Å². The summed E-state index contributed by atoms with van der Waals surface area (Å²) in [5, 5.41) is 17.1. The number of nitrogens with zero attached hydrogens (tertiary/aromatic N) is 4. The zero-order valence-electron chi connectivity index (χ0n) is 21.9. The average Bonchev–Trinajstić information content (AvgIpc) is 3.47. The molecule has 0 radical (unpaired) electrons. The Balaban J connectivity index is 1.32. The molecule has 0 bridgehead atoms. The van der Waals surface area contributed by atoms with E-state index in [1.807, 2.05) is 87.5 Å². The molecule has 0 unspecified atom stereocenters. The molecule has 0 fully saturated rings. The number of benzene rings is 3. The number of aromatic nitrogens is 1. The molecule has 3 aromatic carbocycles. The first-order chi connectivity index (χ1) is 18.9. The summed E-state index contributed by atoms with van der Waals surface area (Å²) in [6.45, 7) is 7.24. The van der Waals surface area contributed by atoms with Gasteiger partial charge in [0.2, 0.25) is 5.17 Å². The fraction of sp³-hybridized carbons (Fsp3) is 0.161. The lowest BCUT2D eigenvalue weighted by Crippen LogP contribution is -2.35. The summed E-state index contributed by atoms with van der Waals surface area (Å²) < 4.78 is 8.27. The molecule has 3 heterocycles. The summed E-state index contributed by atoms with van der Waals surface area (Å²) in [5.41, 5.74) is 6.33. The molecule has 1 N–H and O–H groups in total. The Labute approximate surface area is 231 Å². The van der Waals surface area contributed by atoms with Crippen molar-refractivity contribution in [2.45, 2.75) is 27.3 Å². The molecule has 1 amide bonds. The number of amides is 1. The van der Waals surface area contributed by atoms with Gasteiger partial charge in [-0.25, -0.2) is 0 Å². The second kappa shape index (κ2) is 10.0. The first-order valence-electron chi connectivity index (χ1n) is 12.7. The summed E-state index contributed by atoms with van der Waals surface area (Å²) in [6, 6.07) is 24.1. The number of aryl methyl sites for hydroxylation is 2. The number of carbonyl (C=O) groups is 1. The van der Waals surface area contributed by atoms with Crippen LogP contribution in [0, 0.1) is 26.2 Å². The van der Waals surface area contributed by atoms with Crippen LogP contribution in [-0.4, -0.2) is 38.1 Å². The number of aliphatic imine (C=N–C) groups is 1. The Kier molecular flexibility index (Phi) is 6.40. The number of rotatable bonds is 6. The molecule has 4 aromatic rings. The Hall–Kier alpha value is -4.43. The monoisotopic (exact) mass is 533 g/mol. The van der Waals surface area contributed by atoms with Crippen LogP contribution in [0.15, 0.2) is 88.5 Å². The fourth-order valence-electron chi connectivity index (χ4n) is 4.84. The Bertz CT molecular complexity index is 1730. The van der Waals surface area contributed by atoms with Gasteiger partial charge in [-0.2, -0.15) is 15.1 Å². The maximum absolute atomic E-state index is 13.1. The normalized spacial score (nSPS) is 16.1. The molecule has 2 aliphatic rings. The van der Waals surface area contributed by atoms with Gasteiger partial charge in [-0.3, -0.25) is 10.2 Å². The minimum Gasteiger partial charge on any atom is -0.491 e. The van der Waals surface area contributed by atoms with Gasteiger partial charge in [-0.1, -0.05) is 66.2 Å². The maximum Gasteiger partial charge on any atom is 0.283 e. The van der Waals surface area contributed by atoms with Crippen LogP contribution in [0.3, 0.4) is 0 Å². The van der Waals surface area contributed by atoms with Gasteiger partial charge in [-0.05, 0) is 56.3 Å². The van der Waals surface area contributed by atoms with Gasteiger partial charge in [0.1, 0.15) is 17.4 Å². The van der Waals surface area contributed by atoms with Crippen molar-refractivity contribution in [2.75, 3.05) is 6.61 Å². The molecule has 0 saturated heterocycles. The Morgan fingerprint density at radius 3 is 2.51 bits per heavy atom. The van der Waals surface area contributed by atoms with Crippen molar-refractivity contribution in [1.29, 1.82) is 5.41 Å². The van der Waals surface area contributed by atoms with E-state index in [1.54, 1.807) is 6.08 Å². The van der Waals surface area contributed by atoms with E-state index >= 15 is 0 Å². The highest BCUT2D eigenvalue weighted by Crippen LogP contribution is 2.33. The lowest BCUT2D eigenvalue weighted by Gasteiger charge is -2.20. The van der Waals surface area contributed by atoms with Crippen molar-refractivity contribution in [1.82, 2.24) is 9.58 Å². The van der Waals surface area contributed by atoms with Crippen LogP contribution in [-0.2, 0) is 11.3 Å². The molecule has 39 heavy (non-hydrogen) atoms. The maximum atomic E-state index is 13.1. The highest BCUT2D eigenvalue weighted by molar-refractivity contribution is 8.27. The van der Waals surface area contributed by atoms with Crippen LogP contribution in [0.5, 0.6) is 5.75 Å². The van der Waals surface area contributed by atoms with Gasteiger partial charge in [-0.15, -0.1) is 0 Å². The van der Waals surface area contributed by atoms with Crippen molar-refractivity contribution < 1.29 is 9.53 Å². The molecule has 6 rings (SSSR count). The largest absolute Gasteiger partial charge is 0.491 e. The number of ether oxygens (including phenoxy) is 1. The number of hydrazone groups is 1. The van der Waals surface area contributed by atoms with Crippen molar-refractivity contribution in [3.05, 3.63) is 106 Å². The molecule has 7 nitrogen and oxygen atoms in total. The second-order valence-electron chi connectivity index (χ2n) is 9.57. The van der Waals surface area contributed by atoms with Gasteiger partial charge in [0.25, 0.3) is 5.91 Å². The molecule has 0 atom stereocenters. The molecule has 194 valence electrons. The van der Waals surface area contributed by atoms with Crippen molar-refractivity contribution in [2.24, 2.45) is 10.1 Å². The molecular weight excluding hydrogens is 506 g/mol. The van der Waals surface area contributed by atoms with Gasteiger partial charge in [0.05, 0.1) is 12.1 Å². The molecule has 0 aliphatic carbocycles. The average molecular weight is 534 g/mol. The topological polar surface area (TPSA) is 83.0 Å². The number of hydrogen-bond acceptors (Lipinski definition) is 5. The highest BCUT2D eigenvalue weighted by atomic mass is 32.2. The van der Waals surface area contributed by atoms with E-state index in [9.17, 15) is 4.79 Å². The molecule has 1 aromatic heterocycles. The van der Waals surface area contributed by atoms with E-state index in [4.69, 9.17) is 10.1 Å². The first-order valence-corrected chi connectivity index (χ1v) is 13.6. The summed E-state index contributed by atoms with van der Waals surface area (Å²) in [5.74, 6) is 0.467. The molecule has 0 saturated carbocycles. The Morgan fingerprint density at radius 2 is 1.72 bits per heavy atom. The predicted molar refractivity (Wildman–Crippen MR) is 159 cm³/mol. The number of carbonyl (C=O) groups excluding carboxylic acids is 1. The minimum atomic E-state index is -0.432. The number of hydrogen-bond donors (Lipinski definition) is 1. The van der Waals surface area contributed by atoms with E-state index < -0.39 is 5.91 Å². The molecule has 8 heteroatoms. The second-order valence-corrected chi connectivity index (χ2v) is 10.5. The number of para-hydroxylation sites is 2. The van der Waals surface area contributed by atoms with E-state index in [-0.39, 0.29) is 11.4 Å². The number of nitrogens with one attached hydrogen (secondary N) is 1. The van der Waals surface area contributed by atoms with Crippen LogP contribution in [0.1, 0.15) is 27.9 Å². The van der Waals surface area contributed by atoms with E-state index in [0.717, 1.165) is 44.6 Å². The van der Waals surface area contributed by atoms with Gasteiger partial charge in [0, 0.05) is 27.7 Å². The highest BCUT2D eigenvalue weighted by Gasteiger charge is 2.36. The molecular formula is C31H27N5O2S. The molecule has 0 spiro atoms.